The molecule has 1 amide bonds. The van der Waals surface area contributed by atoms with Crippen LogP contribution in [-0.4, -0.2) is 42.3 Å². The second kappa shape index (κ2) is 8.57. The summed E-state index contributed by atoms with van der Waals surface area (Å²) in [5.74, 6) is 1.29. The number of hydrogen-bond donors (Lipinski definition) is 2. The standard InChI is InChI=1S/C22H23ClN4O2/c1-29-20-13-16(23)7-8-18(20)22(28)24-17-9-11-27(12-10-17)21-14-19(25-26-21)15-5-3-2-4-6-15/h2-8,13-14,17H,9-12H2,1H3,(H,24,28)(H,25,26). The lowest BCUT2D eigenvalue weighted by molar-refractivity contribution is 0.0928. The molecule has 1 fully saturated rings. The molecule has 4 rings (SSSR count). The van der Waals surface area contributed by atoms with Crippen LogP contribution in [0.1, 0.15) is 23.2 Å². The molecule has 0 spiro atoms. The number of amides is 1. The van der Waals surface area contributed by atoms with E-state index in [0.717, 1.165) is 43.0 Å². The maximum Gasteiger partial charge on any atom is 0.255 e. The molecule has 1 saturated heterocycles. The van der Waals surface area contributed by atoms with Crippen molar-refractivity contribution in [2.24, 2.45) is 0 Å². The van der Waals surface area contributed by atoms with E-state index in [4.69, 9.17) is 16.3 Å². The zero-order valence-electron chi connectivity index (χ0n) is 16.2. The molecular weight excluding hydrogens is 388 g/mol. The van der Waals surface area contributed by atoms with Crippen LogP contribution >= 0.6 is 11.6 Å². The fourth-order valence-electron chi connectivity index (χ4n) is 3.61. The van der Waals surface area contributed by atoms with E-state index in [0.29, 0.717) is 16.3 Å². The van der Waals surface area contributed by atoms with Crippen LogP contribution in [0.3, 0.4) is 0 Å². The van der Waals surface area contributed by atoms with E-state index in [2.05, 4.69) is 38.6 Å². The molecule has 2 N–H and O–H groups in total. The van der Waals surface area contributed by atoms with Crippen LogP contribution < -0.4 is 15.0 Å². The maximum absolute atomic E-state index is 12.7. The number of ether oxygens (including phenoxy) is 1. The smallest absolute Gasteiger partial charge is 0.255 e. The van der Waals surface area contributed by atoms with Crippen LogP contribution in [-0.2, 0) is 0 Å². The summed E-state index contributed by atoms with van der Waals surface area (Å²) >= 11 is 5.98. The van der Waals surface area contributed by atoms with Crippen LogP contribution in [0, 0.1) is 0 Å². The second-order valence-corrected chi connectivity index (χ2v) is 7.52. The van der Waals surface area contributed by atoms with Crippen molar-refractivity contribution in [3.8, 4) is 17.0 Å². The van der Waals surface area contributed by atoms with Crippen molar-refractivity contribution in [1.82, 2.24) is 15.5 Å². The molecule has 6 nitrogen and oxygen atoms in total. The molecule has 2 heterocycles. The Morgan fingerprint density at radius 1 is 1.17 bits per heavy atom. The van der Waals surface area contributed by atoms with Crippen molar-refractivity contribution in [2.75, 3.05) is 25.1 Å². The van der Waals surface area contributed by atoms with Gasteiger partial charge in [0.25, 0.3) is 5.91 Å². The number of nitrogens with one attached hydrogen (secondary N) is 2. The molecule has 3 aromatic rings. The number of benzene rings is 2. The van der Waals surface area contributed by atoms with Gasteiger partial charge in [-0.3, -0.25) is 9.89 Å². The number of aromatic nitrogens is 2. The van der Waals surface area contributed by atoms with Crippen molar-refractivity contribution < 1.29 is 9.53 Å². The average Bonchev–Trinajstić information content (AvgIpc) is 3.25. The zero-order valence-corrected chi connectivity index (χ0v) is 16.9. The number of carbonyl (C=O) groups is 1. The number of methoxy groups -OCH3 is 1. The number of nitrogens with zero attached hydrogens (tertiary/aromatic N) is 2. The highest BCUT2D eigenvalue weighted by molar-refractivity contribution is 6.30. The fourth-order valence-corrected chi connectivity index (χ4v) is 3.77. The number of halogens is 1. The van der Waals surface area contributed by atoms with Crippen LogP contribution in [0.25, 0.3) is 11.3 Å². The maximum atomic E-state index is 12.7. The van der Waals surface area contributed by atoms with Gasteiger partial charge in [-0.05, 0) is 36.6 Å². The fraction of sp³-hybridized carbons (Fsp3) is 0.273. The van der Waals surface area contributed by atoms with Gasteiger partial charge in [-0.1, -0.05) is 41.9 Å². The Balaban J connectivity index is 1.35. The SMILES string of the molecule is COc1cc(Cl)ccc1C(=O)NC1CCN(c2cc(-c3ccccc3)[nH]n2)CC1. The third kappa shape index (κ3) is 4.38. The molecule has 0 saturated carbocycles. The van der Waals surface area contributed by atoms with E-state index < -0.39 is 0 Å². The quantitative estimate of drug-likeness (QED) is 0.663. The highest BCUT2D eigenvalue weighted by Gasteiger charge is 2.24. The second-order valence-electron chi connectivity index (χ2n) is 7.09. The topological polar surface area (TPSA) is 70.2 Å². The van der Waals surface area contributed by atoms with Crippen molar-refractivity contribution in [1.29, 1.82) is 0 Å². The van der Waals surface area contributed by atoms with Crippen LogP contribution in [0.5, 0.6) is 5.75 Å². The van der Waals surface area contributed by atoms with Crippen molar-refractivity contribution in [3.05, 3.63) is 65.2 Å². The summed E-state index contributed by atoms with van der Waals surface area (Å²) in [5, 5.41) is 11.2. The molecule has 1 aromatic heterocycles. The van der Waals surface area contributed by atoms with Gasteiger partial charge in [-0.2, -0.15) is 5.10 Å². The Morgan fingerprint density at radius 2 is 1.93 bits per heavy atom. The summed E-state index contributed by atoms with van der Waals surface area (Å²) in [6, 6.07) is 17.4. The average molecular weight is 411 g/mol. The molecule has 1 aliphatic heterocycles. The van der Waals surface area contributed by atoms with Crippen molar-refractivity contribution >= 4 is 23.3 Å². The largest absolute Gasteiger partial charge is 0.496 e. The van der Waals surface area contributed by atoms with Gasteiger partial charge in [0, 0.05) is 30.2 Å². The summed E-state index contributed by atoms with van der Waals surface area (Å²) in [5.41, 5.74) is 2.62. The van der Waals surface area contributed by atoms with E-state index in [-0.39, 0.29) is 11.9 Å². The van der Waals surface area contributed by atoms with Gasteiger partial charge >= 0.3 is 0 Å². The first-order valence-corrected chi connectivity index (χ1v) is 10.0. The van der Waals surface area contributed by atoms with Gasteiger partial charge in [0.05, 0.1) is 18.4 Å². The summed E-state index contributed by atoms with van der Waals surface area (Å²) < 4.78 is 5.28. The Hall–Kier alpha value is -2.99. The number of hydrogen-bond acceptors (Lipinski definition) is 4. The normalized spacial score (nSPS) is 14.6. The third-order valence-corrected chi connectivity index (χ3v) is 5.45. The lowest BCUT2D eigenvalue weighted by Gasteiger charge is -2.32. The molecule has 0 radical (unpaired) electrons. The van der Waals surface area contributed by atoms with Gasteiger partial charge < -0.3 is 15.0 Å². The molecular formula is C22H23ClN4O2. The first-order valence-electron chi connectivity index (χ1n) is 9.64. The highest BCUT2D eigenvalue weighted by atomic mass is 35.5. The number of anilines is 1. The Kier molecular flexibility index (Phi) is 5.71. The van der Waals surface area contributed by atoms with Crippen LogP contribution in [0.15, 0.2) is 54.6 Å². The molecule has 0 atom stereocenters. The number of H-pyrrole nitrogens is 1. The van der Waals surface area contributed by atoms with Gasteiger partial charge in [0.15, 0.2) is 5.82 Å². The van der Waals surface area contributed by atoms with Gasteiger partial charge in [0.1, 0.15) is 5.75 Å². The zero-order chi connectivity index (χ0) is 20.2. The minimum Gasteiger partial charge on any atom is -0.496 e. The molecule has 29 heavy (non-hydrogen) atoms. The van der Waals surface area contributed by atoms with Gasteiger partial charge in [-0.15, -0.1) is 0 Å². The molecule has 0 bridgehead atoms. The van der Waals surface area contributed by atoms with E-state index in [9.17, 15) is 4.79 Å². The van der Waals surface area contributed by atoms with Crippen LogP contribution in [0.4, 0.5) is 5.82 Å². The summed E-state index contributed by atoms with van der Waals surface area (Å²) in [4.78, 5) is 14.9. The number of piperidine rings is 1. The lowest BCUT2D eigenvalue weighted by Crippen LogP contribution is -2.44. The predicted molar refractivity (Wildman–Crippen MR) is 115 cm³/mol. The molecule has 2 aromatic carbocycles. The first kappa shape index (κ1) is 19.3. The van der Waals surface area contributed by atoms with E-state index in [1.807, 2.05) is 18.2 Å². The molecule has 1 aliphatic rings. The van der Waals surface area contributed by atoms with Gasteiger partial charge in [-0.25, -0.2) is 0 Å². The lowest BCUT2D eigenvalue weighted by atomic mass is 10.0. The summed E-state index contributed by atoms with van der Waals surface area (Å²) in [6.45, 7) is 1.67. The van der Waals surface area contributed by atoms with Crippen molar-refractivity contribution in [2.45, 2.75) is 18.9 Å². The number of rotatable bonds is 5. The van der Waals surface area contributed by atoms with E-state index in [1.54, 1.807) is 18.2 Å². The molecule has 0 aliphatic carbocycles. The summed E-state index contributed by atoms with van der Waals surface area (Å²) in [6.07, 6.45) is 1.71. The Bertz CT molecular complexity index is 981. The highest BCUT2D eigenvalue weighted by Crippen LogP contribution is 2.25. The molecule has 150 valence electrons. The minimum atomic E-state index is -0.136. The number of carbonyl (C=O) groups excluding carboxylic acids is 1. The number of aromatic amines is 1. The van der Waals surface area contributed by atoms with Crippen LogP contribution in [0.2, 0.25) is 5.02 Å². The molecule has 7 heteroatoms. The van der Waals surface area contributed by atoms with E-state index >= 15 is 0 Å². The van der Waals surface area contributed by atoms with Crippen molar-refractivity contribution in [3.63, 3.8) is 0 Å². The van der Waals surface area contributed by atoms with E-state index in [1.165, 1.54) is 7.11 Å². The third-order valence-electron chi connectivity index (χ3n) is 5.21. The Morgan fingerprint density at radius 3 is 2.66 bits per heavy atom. The molecule has 0 unspecified atom stereocenters. The van der Waals surface area contributed by atoms with Gasteiger partial charge in [0.2, 0.25) is 0 Å². The minimum absolute atomic E-state index is 0.117. The predicted octanol–water partition coefficient (Wildman–Crippen LogP) is 4.14. The monoisotopic (exact) mass is 410 g/mol. The Labute approximate surface area is 174 Å². The first-order chi connectivity index (χ1) is 14.1. The summed E-state index contributed by atoms with van der Waals surface area (Å²) in [7, 11) is 1.54.